The standard InChI is InChI=1S/C12H17NO3/c1-2-13-7-9(14)12-8-15-10-5-3-4-6-11(10)16-12/h3-6,9,12-14H,2,7-8H2,1H3. The van der Waals surface area contributed by atoms with Gasteiger partial charge in [0.2, 0.25) is 0 Å². The van der Waals surface area contributed by atoms with Gasteiger partial charge >= 0.3 is 0 Å². The molecule has 0 fully saturated rings. The Morgan fingerprint density at radius 1 is 1.44 bits per heavy atom. The number of fused-ring (bicyclic) bond motifs is 1. The maximum Gasteiger partial charge on any atom is 0.161 e. The van der Waals surface area contributed by atoms with E-state index in [0.29, 0.717) is 18.9 Å². The number of hydrogen-bond donors (Lipinski definition) is 2. The lowest BCUT2D eigenvalue weighted by Crippen LogP contribution is -2.44. The summed E-state index contributed by atoms with van der Waals surface area (Å²) in [6, 6.07) is 7.50. The predicted molar refractivity (Wildman–Crippen MR) is 60.9 cm³/mol. The Morgan fingerprint density at radius 3 is 2.94 bits per heavy atom. The minimum Gasteiger partial charge on any atom is -0.486 e. The molecular formula is C12H17NO3. The monoisotopic (exact) mass is 223 g/mol. The van der Waals surface area contributed by atoms with E-state index in [-0.39, 0.29) is 6.10 Å². The van der Waals surface area contributed by atoms with E-state index in [0.717, 1.165) is 12.3 Å². The Morgan fingerprint density at radius 2 is 2.19 bits per heavy atom. The van der Waals surface area contributed by atoms with E-state index >= 15 is 0 Å². The minimum atomic E-state index is -0.548. The maximum absolute atomic E-state index is 9.86. The van der Waals surface area contributed by atoms with Gasteiger partial charge in [-0.25, -0.2) is 0 Å². The highest BCUT2D eigenvalue weighted by atomic mass is 16.6. The third-order valence-corrected chi connectivity index (χ3v) is 2.56. The lowest BCUT2D eigenvalue weighted by atomic mass is 10.2. The molecule has 2 unspecified atom stereocenters. The molecule has 1 aromatic rings. The lowest BCUT2D eigenvalue weighted by molar-refractivity contribution is -0.00882. The van der Waals surface area contributed by atoms with E-state index in [4.69, 9.17) is 9.47 Å². The molecule has 0 radical (unpaired) electrons. The van der Waals surface area contributed by atoms with Gasteiger partial charge in [-0.3, -0.25) is 0 Å². The van der Waals surface area contributed by atoms with E-state index in [1.807, 2.05) is 31.2 Å². The summed E-state index contributed by atoms with van der Waals surface area (Å²) in [6.45, 7) is 3.75. The fraction of sp³-hybridized carbons (Fsp3) is 0.500. The van der Waals surface area contributed by atoms with Crippen LogP contribution in [-0.4, -0.2) is 37.0 Å². The van der Waals surface area contributed by atoms with Crippen LogP contribution in [0.25, 0.3) is 0 Å². The van der Waals surface area contributed by atoms with Crippen molar-refractivity contribution in [3.8, 4) is 11.5 Å². The van der Waals surface area contributed by atoms with Crippen molar-refractivity contribution in [3.63, 3.8) is 0 Å². The first-order valence-corrected chi connectivity index (χ1v) is 5.58. The summed E-state index contributed by atoms with van der Waals surface area (Å²) in [5.74, 6) is 1.45. The molecule has 0 aliphatic carbocycles. The summed E-state index contributed by atoms with van der Waals surface area (Å²) < 4.78 is 11.2. The highest BCUT2D eigenvalue weighted by Gasteiger charge is 2.26. The van der Waals surface area contributed by atoms with Gasteiger partial charge in [0.25, 0.3) is 0 Å². The van der Waals surface area contributed by atoms with Crippen LogP contribution in [0.5, 0.6) is 11.5 Å². The summed E-state index contributed by atoms with van der Waals surface area (Å²) in [4.78, 5) is 0. The quantitative estimate of drug-likeness (QED) is 0.792. The first kappa shape index (κ1) is 11.2. The molecule has 1 aromatic carbocycles. The number of aliphatic hydroxyl groups is 1. The van der Waals surface area contributed by atoms with E-state index < -0.39 is 6.10 Å². The first-order valence-electron chi connectivity index (χ1n) is 5.58. The van der Waals surface area contributed by atoms with Crippen LogP contribution in [0.3, 0.4) is 0 Å². The van der Waals surface area contributed by atoms with Gasteiger partial charge in [0.15, 0.2) is 17.6 Å². The second-order valence-electron chi connectivity index (χ2n) is 3.79. The maximum atomic E-state index is 9.86. The molecule has 1 heterocycles. The molecule has 16 heavy (non-hydrogen) atoms. The molecule has 2 atom stereocenters. The average molecular weight is 223 g/mol. The summed E-state index contributed by atoms with van der Waals surface area (Å²) in [5, 5.41) is 12.9. The normalized spacial score (nSPS) is 20.5. The Bertz CT molecular complexity index is 343. The average Bonchev–Trinajstić information content (AvgIpc) is 2.35. The summed E-state index contributed by atoms with van der Waals surface area (Å²) >= 11 is 0. The van der Waals surface area contributed by atoms with Gasteiger partial charge in [-0.2, -0.15) is 0 Å². The van der Waals surface area contributed by atoms with Gasteiger partial charge < -0.3 is 19.9 Å². The van der Waals surface area contributed by atoms with Crippen LogP contribution in [0, 0.1) is 0 Å². The van der Waals surface area contributed by atoms with Gasteiger partial charge in [0.1, 0.15) is 12.7 Å². The number of para-hydroxylation sites is 2. The van der Waals surface area contributed by atoms with Crippen molar-refractivity contribution in [2.75, 3.05) is 19.7 Å². The number of hydrogen-bond acceptors (Lipinski definition) is 4. The molecule has 0 saturated heterocycles. The smallest absolute Gasteiger partial charge is 0.161 e. The number of rotatable bonds is 4. The second kappa shape index (κ2) is 5.18. The molecule has 4 nitrogen and oxygen atoms in total. The van der Waals surface area contributed by atoms with Crippen molar-refractivity contribution in [1.29, 1.82) is 0 Å². The zero-order chi connectivity index (χ0) is 11.4. The van der Waals surface area contributed by atoms with E-state index in [1.54, 1.807) is 0 Å². The molecule has 0 aromatic heterocycles. The van der Waals surface area contributed by atoms with Gasteiger partial charge in [-0.05, 0) is 18.7 Å². The molecule has 4 heteroatoms. The van der Waals surface area contributed by atoms with Crippen LogP contribution in [0.15, 0.2) is 24.3 Å². The Kier molecular flexibility index (Phi) is 3.64. The molecular weight excluding hydrogens is 206 g/mol. The topological polar surface area (TPSA) is 50.7 Å². The van der Waals surface area contributed by atoms with Crippen molar-refractivity contribution >= 4 is 0 Å². The minimum absolute atomic E-state index is 0.297. The van der Waals surface area contributed by atoms with Crippen LogP contribution in [-0.2, 0) is 0 Å². The molecule has 0 amide bonds. The molecule has 0 saturated carbocycles. The first-order chi connectivity index (χ1) is 7.81. The summed E-state index contributed by atoms with van der Waals surface area (Å²) in [7, 11) is 0. The fourth-order valence-electron chi connectivity index (χ4n) is 1.65. The molecule has 2 N–H and O–H groups in total. The third-order valence-electron chi connectivity index (χ3n) is 2.56. The second-order valence-corrected chi connectivity index (χ2v) is 3.79. The summed E-state index contributed by atoms with van der Waals surface area (Å²) in [6.07, 6.45) is -0.845. The predicted octanol–water partition coefficient (Wildman–Crippen LogP) is 0.797. The highest BCUT2D eigenvalue weighted by molar-refractivity contribution is 5.40. The van der Waals surface area contributed by atoms with Crippen LogP contribution in [0.2, 0.25) is 0 Å². The largest absolute Gasteiger partial charge is 0.486 e. The van der Waals surface area contributed by atoms with E-state index in [9.17, 15) is 5.11 Å². The third kappa shape index (κ3) is 2.46. The molecule has 1 aliphatic heterocycles. The van der Waals surface area contributed by atoms with Gasteiger partial charge in [0, 0.05) is 6.54 Å². The molecule has 0 bridgehead atoms. The van der Waals surface area contributed by atoms with Crippen LogP contribution < -0.4 is 14.8 Å². The molecule has 1 aliphatic rings. The number of nitrogens with one attached hydrogen (secondary N) is 1. The summed E-state index contributed by atoms with van der Waals surface area (Å²) in [5.41, 5.74) is 0. The number of aliphatic hydroxyl groups excluding tert-OH is 1. The number of likely N-dealkylation sites (N-methyl/N-ethyl adjacent to an activating group) is 1. The fourth-order valence-corrected chi connectivity index (χ4v) is 1.65. The Labute approximate surface area is 95.2 Å². The zero-order valence-electron chi connectivity index (χ0n) is 9.35. The Balaban J connectivity index is 1.97. The van der Waals surface area contributed by atoms with Gasteiger partial charge in [-0.15, -0.1) is 0 Å². The SMILES string of the molecule is CCNCC(O)C1COc2ccccc2O1. The van der Waals surface area contributed by atoms with E-state index in [1.165, 1.54) is 0 Å². The van der Waals surface area contributed by atoms with Crippen molar-refractivity contribution in [2.24, 2.45) is 0 Å². The molecule has 2 rings (SSSR count). The van der Waals surface area contributed by atoms with E-state index in [2.05, 4.69) is 5.32 Å². The Hall–Kier alpha value is -1.26. The van der Waals surface area contributed by atoms with Gasteiger partial charge in [0.05, 0.1) is 0 Å². The molecule has 0 spiro atoms. The lowest BCUT2D eigenvalue weighted by Gasteiger charge is -2.29. The highest BCUT2D eigenvalue weighted by Crippen LogP contribution is 2.31. The van der Waals surface area contributed by atoms with Crippen molar-refractivity contribution in [1.82, 2.24) is 5.32 Å². The zero-order valence-corrected chi connectivity index (χ0v) is 9.35. The molecule has 88 valence electrons. The van der Waals surface area contributed by atoms with Crippen LogP contribution >= 0.6 is 0 Å². The van der Waals surface area contributed by atoms with Crippen LogP contribution in [0.1, 0.15) is 6.92 Å². The van der Waals surface area contributed by atoms with Crippen molar-refractivity contribution in [2.45, 2.75) is 19.1 Å². The van der Waals surface area contributed by atoms with Crippen molar-refractivity contribution in [3.05, 3.63) is 24.3 Å². The number of benzene rings is 1. The van der Waals surface area contributed by atoms with Crippen molar-refractivity contribution < 1.29 is 14.6 Å². The number of ether oxygens (including phenoxy) is 2. The van der Waals surface area contributed by atoms with Crippen LogP contribution in [0.4, 0.5) is 0 Å². The van der Waals surface area contributed by atoms with Gasteiger partial charge in [-0.1, -0.05) is 19.1 Å².